The topological polar surface area (TPSA) is 79.8 Å². The van der Waals surface area contributed by atoms with Crippen LogP contribution in [-0.4, -0.2) is 27.3 Å². The molecule has 1 aromatic carbocycles. The minimum absolute atomic E-state index is 0.215. The number of aromatic nitrogens is 3. The molecule has 2 rings (SSSR count). The highest BCUT2D eigenvalue weighted by Crippen LogP contribution is 2.17. The minimum Gasteiger partial charge on any atom is -0.384 e. The molecule has 1 amide bonds. The van der Waals surface area contributed by atoms with Crippen LogP contribution in [0, 0.1) is 0 Å². The summed E-state index contributed by atoms with van der Waals surface area (Å²) < 4.78 is 3.59. The van der Waals surface area contributed by atoms with E-state index in [9.17, 15) is 4.79 Å². The number of nitrogens with zero attached hydrogens (tertiary/aromatic N) is 3. The van der Waals surface area contributed by atoms with Crippen molar-refractivity contribution >= 4 is 28.3 Å². The fraction of sp³-hybridized carbons (Fsp3) is 0.273. The molecule has 0 unspecified atom stereocenters. The zero-order valence-electron chi connectivity index (χ0n) is 9.88. The average molecular weight is 263 g/mol. The van der Waals surface area contributed by atoms with Gasteiger partial charge in [0.15, 0.2) is 0 Å². The van der Waals surface area contributed by atoms with E-state index in [1.165, 1.54) is 0 Å². The number of carbonyl (C=O) groups excluding carboxylic acids is 1. The number of amides is 1. The van der Waals surface area contributed by atoms with E-state index in [1.54, 1.807) is 6.07 Å². The highest BCUT2D eigenvalue weighted by Gasteiger charge is 2.12. The van der Waals surface area contributed by atoms with Crippen molar-refractivity contribution in [1.29, 1.82) is 0 Å². The molecular weight excluding hydrogens is 250 g/mol. The Labute approximate surface area is 109 Å². The molecule has 1 heterocycles. The van der Waals surface area contributed by atoms with Crippen molar-refractivity contribution in [2.45, 2.75) is 13.3 Å². The maximum atomic E-state index is 12.1. The van der Waals surface area contributed by atoms with Crippen molar-refractivity contribution in [2.24, 2.45) is 0 Å². The summed E-state index contributed by atoms with van der Waals surface area (Å²) in [4.78, 5) is 12.1. The quantitative estimate of drug-likeness (QED) is 0.862. The normalized spacial score (nSPS) is 10.1. The third-order valence-corrected chi connectivity index (χ3v) is 2.77. The van der Waals surface area contributed by atoms with Crippen molar-refractivity contribution in [3.8, 4) is 0 Å². The van der Waals surface area contributed by atoms with Gasteiger partial charge in [-0.15, -0.1) is 0 Å². The Morgan fingerprint density at radius 1 is 1.39 bits per heavy atom. The second-order valence-electron chi connectivity index (χ2n) is 3.59. The van der Waals surface area contributed by atoms with E-state index in [-0.39, 0.29) is 5.91 Å². The molecule has 0 aliphatic heterocycles. The molecule has 1 aromatic heterocycles. The van der Waals surface area contributed by atoms with Gasteiger partial charge in [0.2, 0.25) is 5.13 Å². The lowest BCUT2D eigenvalue weighted by Gasteiger charge is -2.10. The van der Waals surface area contributed by atoms with Crippen LogP contribution >= 0.6 is 11.5 Å². The Morgan fingerprint density at radius 2 is 2.22 bits per heavy atom. The molecular formula is C11H13N5OS. The van der Waals surface area contributed by atoms with E-state index in [0.717, 1.165) is 30.2 Å². The highest BCUT2D eigenvalue weighted by molar-refractivity contribution is 7.09. The largest absolute Gasteiger partial charge is 0.384 e. The van der Waals surface area contributed by atoms with Gasteiger partial charge in [0.25, 0.3) is 5.91 Å². The third kappa shape index (κ3) is 3.01. The number of hydrogen-bond acceptors (Lipinski definition) is 6. The first-order valence-electron chi connectivity index (χ1n) is 5.60. The predicted octanol–water partition coefficient (Wildman–Crippen LogP) is 2.01. The van der Waals surface area contributed by atoms with E-state index in [2.05, 4.69) is 32.4 Å². The zero-order chi connectivity index (χ0) is 12.8. The fourth-order valence-electron chi connectivity index (χ4n) is 1.44. The molecule has 0 radical (unpaired) electrons. The molecule has 2 aromatic rings. The standard InChI is InChI=1S/C11H13N5OS/c1-2-7-12-9-6-4-3-5-8(9)10(17)13-11-14-15-16-18-11/h3-6,12H,2,7H2,1H3,(H,13,14,16,17). The van der Waals surface area contributed by atoms with Gasteiger partial charge in [-0.1, -0.05) is 28.6 Å². The number of benzene rings is 1. The second kappa shape index (κ2) is 6.06. The number of nitrogens with one attached hydrogen (secondary N) is 2. The summed E-state index contributed by atoms with van der Waals surface area (Å²) in [5.74, 6) is -0.215. The Balaban J connectivity index is 2.13. The van der Waals surface area contributed by atoms with Gasteiger partial charge < -0.3 is 5.32 Å². The van der Waals surface area contributed by atoms with Gasteiger partial charge in [0.05, 0.1) is 5.56 Å². The molecule has 7 heteroatoms. The van der Waals surface area contributed by atoms with E-state index in [1.807, 2.05) is 18.2 Å². The van der Waals surface area contributed by atoms with E-state index >= 15 is 0 Å². The summed E-state index contributed by atoms with van der Waals surface area (Å²) in [7, 11) is 0. The molecule has 0 fully saturated rings. The molecule has 0 saturated carbocycles. The van der Waals surface area contributed by atoms with Gasteiger partial charge in [0.1, 0.15) is 0 Å². The van der Waals surface area contributed by atoms with Crippen LogP contribution in [0.15, 0.2) is 24.3 Å². The van der Waals surface area contributed by atoms with Crippen molar-refractivity contribution in [2.75, 3.05) is 17.2 Å². The van der Waals surface area contributed by atoms with Crippen molar-refractivity contribution < 1.29 is 4.79 Å². The van der Waals surface area contributed by atoms with E-state index < -0.39 is 0 Å². The van der Waals surface area contributed by atoms with Crippen molar-refractivity contribution in [1.82, 2.24) is 14.8 Å². The Morgan fingerprint density at radius 3 is 2.94 bits per heavy atom. The van der Waals surface area contributed by atoms with Crippen molar-refractivity contribution in [3.63, 3.8) is 0 Å². The van der Waals surface area contributed by atoms with Gasteiger partial charge in [-0.05, 0) is 23.8 Å². The van der Waals surface area contributed by atoms with Crippen LogP contribution in [0.4, 0.5) is 10.8 Å². The molecule has 0 aliphatic carbocycles. The molecule has 6 nitrogen and oxygen atoms in total. The van der Waals surface area contributed by atoms with Crippen LogP contribution in [-0.2, 0) is 0 Å². The third-order valence-electron chi connectivity index (χ3n) is 2.26. The summed E-state index contributed by atoms with van der Waals surface area (Å²) in [5, 5.41) is 13.4. The van der Waals surface area contributed by atoms with E-state index in [0.29, 0.717) is 10.7 Å². The second-order valence-corrected chi connectivity index (χ2v) is 4.33. The number of rotatable bonds is 5. The maximum Gasteiger partial charge on any atom is 0.259 e. The molecule has 0 spiro atoms. The van der Waals surface area contributed by atoms with Crippen LogP contribution in [0.2, 0.25) is 0 Å². The lowest BCUT2D eigenvalue weighted by atomic mass is 10.1. The van der Waals surface area contributed by atoms with Crippen LogP contribution in [0.25, 0.3) is 0 Å². The first kappa shape index (κ1) is 12.4. The van der Waals surface area contributed by atoms with Gasteiger partial charge in [-0.3, -0.25) is 10.1 Å². The van der Waals surface area contributed by atoms with Gasteiger partial charge in [0, 0.05) is 23.8 Å². The Hall–Kier alpha value is -2.02. The monoisotopic (exact) mass is 263 g/mol. The number of anilines is 2. The van der Waals surface area contributed by atoms with Crippen LogP contribution in [0.3, 0.4) is 0 Å². The summed E-state index contributed by atoms with van der Waals surface area (Å²) in [5.41, 5.74) is 1.40. The first-order chi connectivity index (χ1) is 8.81. The molecule has 0 bridgehead atoms. The maximum absolute atomic E-state index is 12.1. The SMILES string of the molecule is CCCNc1ccccc1C(=O)Nc1nnns1. The Bertz CT molecular complexity index is 514. The molecule has 94 valence electrons. The van der Waals surface area contributed by atoms with Crippen LogP contribution in [0.5, 0.6) is 0 Å². The minimum atomic E-state index is -0.215. The fourth-order valence-corrected chi connectivity index (χ4v) is 1.80. The lowest BCUT2D eigenvalue weighted by Crippen LogP contribution is -2.15. The van der Waals surface area contributed by atoms with Crippen molar-refractivity contribution in [3.05, 3.63) is 29.8 Å². The summed E-state index contributed by atoms with van der Waals surface area (Å²) >= 11 is 1.05. The van der Waals surface area contributed by atoms with Gasteiger partial charge in [-0.2, -0.15) is 0 Å². The van der Waals surface area contributed by atoms with Crippen LogP contribution < -0.4 is 10.6 Å². The summed E-state index contributed by atoms with van der Waals surface area (Å²) in [6, 6.07) is 7.36. The number of hydrogen-bond donors (Lipinski definition) is 2. The average Bonchev–Trinajstić information content (AvgIpc) is 2.89. The highest BCUT2D eigenvalue weighted by atomic mass is 32.1. The molecule has 0 aliphatic rings. The first-order valence-corrected chi connectivity index (χ1v) is 6.38. The van der Waals surface area contributed by atoms with Gasteiger partial charge >= 0.3 is 0 Å². The summed E-state index contributed by atoms with van der Waals surface area (Å²) in [6.45, 7) is 2.90. The van der Waals surface area contributed by atoms with E-state index in [4.69, 9.17) is 0 Å². The van der Waals surface area contributed by atoms with Crippen LogP contribution in [0.1, 0.15) is 23.7 Å². The molecule has 0 saturated heterocycles. The Kier molecular flexibility index (Phi) is 4.19. The smallest absolute Gasteiger partial charge is 0.259 e. The number of para-hydroxylation sites is 1. The van der Waals surface area contributed by atoms with Gasteiger partial charge in [-0.25, -0.2) is 0 Å². The molecule has 0 atom stereocenters. The molecule has 2 N–H and O–H groups in total. The number of carbonyl (C=O) groups is 1. The zero-order valence-corrected chi connectivity index (χ0v) is 10.7. The predicted molar refractivity (Wildman–Crippen MR) is 70.9 cm³/mol. The summed E-state index contributed by atoms with van der Waals surface area (Å²) in [6.07, 6.45) is 0.996. The lowest BCUT2D eigenvalue weighted by molar-refractivity contribution is 0.102. The molecule has 18 heavy (non-hydrogen) atoms.